The number of Topliss-reactive ketones (excluding diaryl/α,β-unsaturated/α-hetero) is 1. The Morgan fingerprint density at radius 1 is 0.933 bits per heavy atom. The van der Waals surface area contributed by atoms with Crippen LogP contribution in [0.25, 0.3) is 0 Å². The van der Waals surface area contributed by atoms with Crippen LogP contribution in [0, 0.1) is 6.92 Å². The minimum atomic E-state index is -1.05. The average molecular weight is 422 g/mol. The number of nitrogens with one attached hydrogen (secondary N) is 1. The van der Waals surface area contributed by atoms with E-state index in [1.165, 1.54) is 0 Å². The largest absolute Gasteiger partial charge is 0.481 e. The van der Waals surface area contributed by atoms with Gasteiger partial charge in [-0.1, -0.05) is 36.8 Å². The quantitative estimate of drug-likeness (QED) is 0.397. The van der Waals surface area contributed by atoms with Gasteiger partial charge in [-0.25, -0.2) is 0 Å². The molecule has 0 aliphatic rings. The summed E-state index contributed by atoms with van der Waals surface area (Å²) in [7, 11) is 0. The highest BCUT2D eigenvalue weighted by Gasteiger charge is 2.21. The maximum absolute atomic E-state index is 12.1. The lowest BCUT2D eigenvalue weighted by Crippen LogP contribution is -2.41. The number of amides is 2. The number of hydrogen-bond acceptors (Lipinski definition) is 5. The van der Waals surface area contributed by atoms with Crippen LogP contribution in [0.5, 0.6) is 0 Å². The summed E-state index contributed by atoms with van der Waals surface area (Å²) >= 11 is 0. The number of carbonyl (C=O) groups is 5. The van der Waals surface area contributed by atoms with Gasteiger partial charge in [-0.2, -0.15) is 0 Å². The standard InChI is InChI=1S/C18H24N2O5.C3H6O2/c1-12-2-4-13(5-3-12)6-10-17(23)20-14(7-11-18(24)25)15(21)8-9-16(19)22;1-2-3(4)5/h2-5,14H,6-11H2,1H3,(H2,19,22)(H,20,23)(H,24,25);2H2,1H3,(H,4,5)/t14-;/m0./s1. The monoisotopic (exact) mass is 422 g/mol. The Morgan fingerprint density at radius 2 is 1.50 bits per heavy atom. The third-order valence-corrected chi connectivity index (χ3v) is 4.05. The minimum absolute atomic E-state index is 0.0107. The van der Waals surface area contributed by atoms with Crippen LogP contribution in [0.4, 0.5) is 0 Å². The number of rotatable bonds is 12. The Kier molecular flexibility index (Phi) is 13.1. The Labute approximate surface area is 175 Å². The third-order valence-electron chi connectivity index (χ3n) is 4.05. The molecule has 9 nitrogen and oxygen atoms in total. The zero-order valence-corrected chi connectivity index (χ0v) is 17.3. The Balaban J connectivity index is 0.00000150. The summed E-state index contributed by atoms with van der Waals surface area (Å²) in [5.41, 5.74) is 7.14. The fourth-order valence-corrected chi connectivity index (χ4v) is 2.28. The van der Waals surface area contributed by atoms with Gasteiger partial charge in [0, 0.05) is 32.1 Å². The van der Waals surface area contributed by atoms with Gasteiger partial charge < -0.3 is 21.3 Å². The molecule has 0 fully saturated rings. The summed E-state index contributed by atoms with van der Waals surface area (Å²) in [6.45, 7) is 3.57. The van der Waals surface area contributed by atoms with E-state index in [0.717, 1.165) is 11.1 Å². The Morgan fingerprint density at radius 3 is 1.97 bits per heavy atom. The minimum Gasteiger partial charge on any atom is -0.481 e. The second-order valence-corrected chi connectivity index (χ2v) is 6.72. The number of carbonyl (C=O) groups excluding carboxylic acids is 3. The summed E-state index contributed by atoms with van der Waals surface area (Å²) in [5, 5.41) is 19.1. The van der Waals surface area contributed by atoms with Gasteiger partial charge in [0.2, 0.25) is 11.8 Å². The zero-order chi connectivity index (χ0) is 23.1. The van der Waals surface area contributed by atoms with Crippen LogP contribution in [0.2, 0.25) is 0 Å². The predicted octanol–water partition coefficient (Wildman–Crippen LogP) is 1.59. The number of aliphatic carboxylic acids is 2. The summed E-state index contributed by atoms with van der Waals surface area (Å²) in [4.78, 5) is 55.0. The molecule has 2 amide bonds. The van der Waals surface area contributed by atoms with Gasteiger partial charge in [0.25, 0.3) is 0 Å². The molecule has 30 heavy (non-hydrogen) atoms. The first kappa shape index (κ1) is 26.8. The molecule has 166 valence electrons. The van der Waals surface area contributed by atoms with Crippen molar-refractivity contribution in [2.75, 3.05) is 0 Å². The molecule has 0 heterocycles. The van der Waals surface area contributed by atoms with Crippen molar-refractivity contribution < 1.29 is 34.2 Å². The van der Waals surface area contributed by atoms with E-state index in [-0.39, 0.29) is 50.2 Å². The van der Waals surface area contributed by atoms with E-state index in [1.54, 1.807) is 6.92 Å². The highest BCUT2D eigenvalue weighted by Crippen LogP contribution is 2.08. The number of carboxylic acid groups (broad SMARTS) is 2. The number of nitrogens with two attached hydrogens (primary N) is 1. The van der Waals surface area contributed by atoms with Crippen molar-refractivity contribution in [3.05, 3.63) is 35.4 Å². The Hall–Kier alpha value is -3.23. The molecule has 0 saturated heterocycles. The summed E-state index contributed by atoms with van der Waals surface area (Å²) < 4.78 is 0. The van der Waals surface area contributed by atoms with Crippen LogP contribution in [0.1, 0.15) is 56.6 Å². The molecule has 0 bridgehead atoms. The normalized spacial score (nSPS) is 10.9. The van der Waals surface area contributed by atoms with Crippen LogP contribution >= 0.6 is 0 Å². The van der Waals surface area contributed by atoms with E-state index in [0.29, 0.717) is 6.42 Å². The van der Waals surface area contributed by atoms with E-state index in [2.05, 4.69) is 5.32 Å². The van der Waals surface area contributed by atoms with Gasteiger partial charge in [-0.3, -0.25) is 24.0 Å². The van der Waals surface area contributed by atoms with Crippen LogP contribution in [0.3, 0.4) is 0 Å². The number of ketones is 1. The molecule has 0 aromatic heterocycles. The first-order chi connectivity index (χ1) is 14.0. The van der Waals surface area contributed by atoms with Crippen molar-refractivity contribution in [1.82, 2.24) is 5.32 Å². The van der Waals surface area contributed by atoms with Crippen molar-refractivity contribution in [2.24, 2.45) is 5.73 Å². The van der Waals surface area contributed by atoms with Gasteiger partial charge in [-0.05, 0) is 25.3 Å². The smallest absolute Gasteiger partial charge is 0.303 e. The fourth-order valence-electron chi connectivity index (χ4n) is 2.28. The molecule has 0 radical (unpaired) electrons. The van der Waals surface area contributed by atoms with Gasteiger partial charge in [-0.15, -0.1) is 0 Å². The molecule has 0 saturated carbocycles. The van der Waals surface area contributed by atoms with Crippen molar-refractivity contribution in [1.29, 1.82) is 0 Å². The number of primary amides is 1. The average Bonchev–Trinajstić information content (AvgIpc) is 2.69. The highest BCUT2D eigenvalue weighted by atomic mass is 16.4. The van der Waals surface area contributed by atoms with Crippen molar-refractivity contribution >= 4 is 29.5 Å². The third kappa shape index (κ3) is 13.9. The molecule has 1 atom stereocenters. The van der Waals surface area contributed by atoms with Crippen LogP contribution in [-0.4, -0.2) is 45.8 Å². The lowest BCUT2D eigenvalue weighted by Gasteiger charge is -2.17. The molecular weight excluding hydrogens is 392 g/mol. The second-order valence-electron chi connectivity index (χ2n) is 6.72. The molecule has 0 spiro atoms. The van der Waals surface area contributed by atoms with E-state index >= 15 is 0 Å². The maximum Gasteiger partial charge on any atom is 0.303 e. The van der Waals surface area contributed by atoms with E-state index in [9.17, 15) is 24.0 Å². The van der Waals surface area contributed by atoms with Gasteiger partial charge >= 0.3 is 11.9 Å². The van der Waals surface area contributed by atoms with E-state index in [4.69, 9.17) is 15.9 Å². The Bertz CT molecular complexity index is 729. The first-order valence-corrected chi connectivity index (χ1v) is 9.64. The summed E-state index contributed by atoms with van der Waals surface area (Å²) in [6.07, 6.45) is 0.441. The van der Waals surface area contributed by atoms with Crippen molar-refractivity contribution in [2.45, 2.75) is 64.8 Å². The van der Waals surface area contributed by atoms with Crippen LogP contribution in [0.15, 0.2) is 24.3 Å². The van der Waals surface area contributed by atoms with E-state index < -0.39 is 23.9 Å². The molecule has 0 aliphatic carbocycles. The fraction of sp³-hybridized carbons (Fsp3) is 0.476. The van der Waals surface area contributed by atoms with Crippen LogP contribution in [-0.2, 0) is 30.4 Å². The van der Waals surface area contributed by atoms with Crippen molar-refractivity contribution in [3.63, 3.8) is 0 Å². The maximum atomic E-state index is 12.1. The topological polar surface area (TPSA) is 164 Å². The molecule has 1 aromatic carbocycles. The zero-order valence-electron chi connectivity index (χ0n) is 17.3. The number of benzene rings is 1. The molecule has 1 aromatic rings. The lowest BCUT2D eigenvalue weighted by molar-refractivity contribution is -0.138. The van der Waals surface area contributed by atoms with Gasteiger partial charge in [0.1, 0.15) is 0 Å². The van der Waals surface area contributed by atoms with Crippen LogP contribution < -0.4 is 11.1 Å². The molecule has 0 aliphatic heterocycles. The number of hydrogen-bond donors (Lipinski definition) is 4. The summed E-state index contributed by atoms with van der Waals surface area (Å²) in [6, 6.07) is 6.86. The number of aryl methyl sites for hydroxylation is 2. The van der Waals surface area contributed by atoms with Crippen molar-refractivity contribution in [3.8, 4) is 0 Å². The van der Waals surface area contributed by atoms with Gasteiger partial charge in [0.15, 0.2) is 5.78 Å². The predicted molar refractivity (Wildman–Crippen MR) is 110 cm³/mol. The molecule has 9 heteroatoms. The summed E-state index contributed by atoms with van der Waals surface area (Å²) in [5.74, 6) is -3.13. The highest BCUT2D eigenvalue weighted by molar-refractivity contribution is 5.91. The molecular formula is C21H30N2O7. The molecule has 5 N–H and O–H groups in total. The lowest BCUT2D eigenvalue weighted by atomic mass is 10.0. The first-order valence-electron chi connectivity index (χ1n) is 9.64. The second kappa shape index (κ2) is 14.7. The molecule has 1 rings (SSSR count). The SMILES string of the molecule is CCC(=O)O.Cc1ccc(CCC(=O)N[C@@H](CCC(=O)O)C(=O)CCC(N)=O)cc1. The number of carboxylic acids is 2. The van der Waals surface area contributed by atoms with E-state index in [1.807, 2.05) is 31.2 Å². The molecule has 0 unspecified atom stereocenters. The van der Waals surface area contributed by atoms with Gasteiger partial charge in [0.05, 0.1) is 6.04 Å².